The Kier molecular flexibility index (Phi) is 7.66. The molecule has 0 aliphatic carbocycles. The van der Waals surface area contributed by atoms with Crippen molar-refractivity contribution in [1.82, 2.24) is 10.6 Å². The van der Waals surface area contributed by atoms with Crippen molar-refractivity contribution in [2.75, 3.05) is 31.6 Å². The summed E-state index contributed by atoms with van der Waals surface area (Å²) in [5, 5.41) is 6.26. The zero-order chi connectivity index (χ0) is 18.2. The molecule has 0 atom stereocenters. The molecule has 0 aromatic heterocycles. The van der Waals surface area contributed by atoms with Crippen molar-refractivity contribution < 1.29 is 12.8 Å². The van der Waals surface area contributed by atoms with Gasteiger partial charge in [0.25, 0.3) is 0 Å². The second-order valence-electron chi connectivity index (χ2n) is 6.50. The first-order valence-electron chi connectivity index (χ1n) is 8.10. The molecule has 2 N–H and O–H groups in total. The maximum Gasteiger partial charge on any atom is 0.191 e. The van der Waals surface area contributed by atoms with Gasteiger partial charge in [-0.15, -0.1) is 0 Å². The van der Waals surface area contributed by atoms with Gasteiger partial charge in [0.2, 0.25) is 0 Å². The molecule has 7 heteroatoms. The van der Waals surface area contributed by atoms with Gasteiger partial charge < -0.3 is 10.6 Å². The van der Waals surface area contributed by atoms with Crippen LogP contribution >= 0.6 is 0 Å². The first kappa shape index (κ1) is 20.4. The molecular formula is C17H28FN3O2S. The van der Waals surface area contributed by atoms with E-state index in [1.165, 1.54) is 18.4 Å². The number of rotatable bonds is 8. The van der Waals surface area contributed by atoms with Gasteiger partial charge in [-0.2, -0.15) is 0 Å². The summed E-state index contributed by atoms with van der Waals surface area (Å²) in [6, 6.07) is 6.55. The lowest BCUT2D eigenvalue weighted by atomic mass is 9.85. The van der Waals surface area contributed by atoms with Crippen LogP contribution in [-0.2, 0) is 15.3 Å². The van der Waals surface area contributed by atoms with Gasteiger partial charge in [-0.25, -0.2) is 12.8 Å². The van der Waals surface area contributed by atoms with Crippen LogP contribution in [0.2, 0.25) is 0 Å². The molecule has 0 amide bonds. The molecule has 0 spiro atoms. The first-order chi connectivity index (χ1) is 11.1. The van der Waals surface area contributed by atoms with E-state index < -0.39 is 9.84 Å². The van der Waals surface area contributed by atoms with Crippen molar-refractivity contribution in [2.45, 2.75) is 32.6 Å². The van der Waals surface area contributed by atoms with Crippen LogP contribution in [0.25, 0.3) is 0 Å². The van der Waals surface area contributed by atoms with Crippen molar-refractivity contribution in [1.29, 1.82) is 0 Å². The normalized spacial score (nSPS) is 13.0. The second-order valence-corrected chi connectivity index (χ2v) is 8.76. The third kappa shape index (κ3) is 7.77. The van der Waals surface area contributed by atoms with E-state index in [1.807, 2.05) is 26.8 Å². The monoisotopic (exact) mass is 357 g/mol. The Hall–Kier alpha value is -1.63. The van der Waals surface area contributed by atoms with E-state index in [4.69, 9.17) is 0 Å². The molecule has 0 saturated heterocycles. The fraction of sp³-hybridized carbons (Fsp3) is 0.588. The molecule has 1 aromatic carbocycles. The molecule has 0 aliphatic heterocycles. The minimum Gasteiger partial charge on any atom is -0.357 e. The highest BCUT2D eigenvalue weighted by Gasteiger charge is 2.21. The summed E-state index contributed by atoms with van der Waals surface area (Å²) in [7, 11) is -2.95. The minimum atomic E-state index is -2.95. The van der Waals surface area contributed by atoms with Crippen molar-refractivity contribution in [3.05, 3.63) is 35.6 Å². The summed E-state index contributed by atoms with van der Waals surface area (Å²) in [4.78, 5) is 4.55. The number of nitrogens with zero attached hydrogens (tertiary/aromatic N) is 1. The standard InChI is InChI=1S/C17H28FN3O2S/c1-5-19-16(20-10-7-11-24(4,22)23)21-13-17(2,3)14-8-6-9-15(18)12-14/h6,8-9,12H,5,7,10-11,13H2,1-4H3,(H2,19,20,21). The molecule has 1 rings (SSSR count). The average molecular weight is 357 g/mol. The average Bonchev–Trinajstić information content (AvgIpc) is 2.48. The third-order valence-electron chi connectivity index (χ3n) is 3.57. The first-order valence-corrected chi connectivity index (χ1v) is 10.2. The molecule has 0 aliphatic rings. The van der Waals surface area contributed by atoms with Crippen LogP contribution in [0, 0.1) is 5.82 Å². The third-order valence-corrected chi connectivity index (χ3v) is 4.60. The molecule has 0 radical (unpaired) electrons. The van der Waals surface area contributed by atoms with Gasteiger partial charge in [-0.05, 0) is 31.0 Å². The molecule has 0 fully saturated rings. The van der Waals surface area contributed by atoms with Crippen molar-refractivity contribution >= 4 is 15.8 Å². The molecule has 5 nitrogen and oxygen atoms in total. The Morgan fingerprint density at radius 3 is 2.58 bits per heavy atom. The van der Waals surface area contributed by atoms with Crippen molar-refractivity contribution in [3.8, 4) is 0 Å². The van der Waals surface area contributed by atoms with E-state index in [9.17, 15) is 12.8 Å². The zero-order valence-electron chi connectivity index (χ0n) is 14.9. The van der Waals surface area contributed by atoms with Crippen LogP contribution in [0.3, 0.4) is 0 Å². The molecule has 0 saturated carbocycles. The van der Waals surface area contributed by atoms with Gasteiger partial charge in [-0.1, -0.05) is 26.0 Å². The lowest BCUT2D eigenvalue weighted by Crippen LogP contribution is -2.39. The number of hydrogen-bond acceptors (Lipinski definition) is 3. The van der Waals surface area contributed by atoms with Crippen LogP contribution in [0.4, 0.5) is 4.39 Å². The molecule has 0 bridgehead atoms. The summed E-state index contributed by atoms with van der Waals surface area (Å²) in [6.45, 7) is 7.71. The number of nitrogens with one attached hydrogen (secondary N) is 2. The summed E-state index contributed by atoms with van der Waals surface area (Å²) in [6.07, 6.45) is 1.75. The van der Waals surface area contributed by atoms with Crippen molar-refractivity contribution in [2.24, 2.45) is 4.99 Å². The Bertz CT molecular complexity index is 658. The number of sulfone groups is 1. The lowest BCUT2D eigenvalue weighted by Gasteiger charge is -2.24. The molecular weight excluding hydrogens is 329 g/mol. The molecule has 0 unspecified atom stereocenters. The summed E-state index contributed by atoms with van der Waals surface area (Å²) < 4.78 is 35.7. The predicted octanol–water partition coefficient (Wildman–Crippen LogP) is 2.09. The van der Waals surface area contributed by atoms with E-state index in [1.54, 1.807) is 6.07 Å². The Morgan fingerprint density at radius 2 is 2.00 bits per heavy atom. The number of hydrogen-bond donors (Lipinski definition) is 2. The van der Waals surface area contributed by atoms with Crippen LogP contribution in [-0.4, -0.2) is 46.0 Å². The lowest BCUT2D eigenvalue weighted by molar-refractivity contribution is 0.529. The molecule has 136 valence electrons. The van der Waals surface area contributed by atoms with Gasteiger partial charge in [0.15, 0.2) is 5.96 Å². The van der Waals surface area contributed by atoms with Gasteiger partial charge in [0, 0.05) is 24.8 Å². The van der Waals surface area contributed by atoms with E-state index >= 15 is 0 Å². The number of aliphatic imine (C=N–C) groups is 1. The Morgan fingerprint density at radius 1 is 1.29 bits per heavy atom. The zero-order valence-corrected chi connectivity index (χ0v) is 15.7. The van der Waals surface area contributed by atoms with Crippen LogP contribution in [0.5, 0.6) is 0 Å². The Labute approximate surface area is 144 Å². The smallest absolute Gasteiger partial charge is 0.191 e. The summed E-state index contributed by atoms with van der Waals surface area (Å²) in [5.41, 5.74) is 0.580. The second kappa shape index (κ2) is 9.01. The predicted molar refractivity (Wildman–Crippen MR) is 97.7 cm³/mol. The largest absolute Gasteiger partial charge is 0.357 e. The highest BCUT2D eigenvalue weighted by molar-refractivity contribution is 7.90. The molecule has 24 heavy (non-hydrogen) atoms. The maximum absolute atomic E-state index is 13.4. The highest BCUT2D eigenvalue weighted by Crippen LogP contribution is 2.24. The van der Waals surface area contributed by atoms with Crippen LogP contribution in [0.15, 0.2) is 29.3 Å². The fourth-order valence-electron chi connectivity index (χ4n) is 2.16. The maximum atomic E-state index is 13.4. The number of benzene rings is 1. The SMILES string of the molecule is CCNC(=NCC(C)(C)c1cccc(F)c1)NCCCS(C)(=O)=O. The topological polar surface area (TPSA) is 70.6 Å². The van der Waals surface area contributed by atoms with Gasteiger partial charge in [0.1, 0.15) is 15.7 Å². The van der Waals surface area contributed by atoms with E-state index in [2.05, 4.69) is 15.6 Å². The van der Waals surface area contributed by atoms with Crippen molar-refractivity contribution in [3.63, 3.8) is 0 Å². The van der Waals surface area contributed by atoms with Crippen LogP contribution in [0.1, 0.15) is 32.8 Å². The van der Waals surface area contributed by atoms with E-state index in [0.29, 0.717) is 32.0 Å². The summed E-state index contributed by atoms with van der Waals surface area (Å²) in [5.74, 6) is 0.527. The van der Waals surface area contributed by atoms with Gasteiger partial charge in [-0.3, -0.25) is 4.99 Å². The molecule has 1 aromatic rings. The van der Waals surface area contributed by atoms with Crippen LogP contribution < -0.4 is 10.6 Å². The van der Waals surface area contributed by atoms with Gasteiger partial charge >= 0.3 is 0 Å². The van der Waals surface area contributed by atoms with E-state index in [-0.39, 0.29) is 17.0 Å². The van der Waals surface area contributed by atoms with Gasteiger partial charge in [0.05, 0.1) is 12.3 Å². The number of guanidine groups is 1. The fourth-order valence-corrected chi connectivity index (χ4v) is 2.83. The Balaban J connectivity index is 2.67. The van der Waals surface area contributed by atoms with E-state index in [0.717, 1.165) is 5.56 Å². The number of halogens is 1. The highest BCUT2D eigenvalue weighted by atomic mass is 32.2. The molecule has 0 heterocycles. The quantitative estimate of drug-likeness (QED) is 0.425. The minimum absolute atomic E-state index is 0.147. The summed E-state index contributed by atoms with van der Waals surface area (Å²) >= 11 is 0.